The molecular weight excluding hydrogens is 1270 g/mol. The van der Waals surface area contributed by atoms with E-state index in [0.29, 0.717) is 63.5 Å². The monoisotopic (exact) mass is 1370 g/mol. The molecule has 2 atom stereocenters. The number of halogens is 3. The van der Waals surface area contributed by atoms with Crippen LogP contribution in [0.5, 0.6) is 17.2 Å². The molecule has 0 fully saturated rings. The van der Waals surface area contributed by atoms with Crippen molar-refractivity contribution in [1.82, 2.24) is 19.1 Å². The fourth-order valence-electron chi connectivity index (χ4n) is 9.58. The summed E-state index contributed by atoms with van der Waals surface area (Å²) in [4.78, 5) is 45.2. The van der Waals surface area contributed by atoms with Crippen LogP contribution < -0.4 is 88.5 Å². The molecule has 7 rings (SSSR count). The number of carboxylic acids is 1. The van der Waals surface area contributed by atoms with Crippen LogP contribution in [-0.2, 0) is 42.5 Å². The van der Waals surface area contributed by atoms with Crippen molar-refractivity contribution in [3.63, 3.8) is 0 Å². The number of aromatic nitrogens is 4. The Morgan fingerprint density at radius 3 is 1.25 bits per heavy atom. The van der Waals surface area contributed by atoms with Crippen molar-refractivity contribution in [3.05, 3.63) is 152 Å². The summed E-state index contributed by atoms with van der Waals surface area (Å²) in [7, 11) is 4.06. The third-order valence-corrected chi connectivity index (χ3v) is 14.5. The fraction of sp³-hybridized carbons (Fsp3) is 0.443. The van der Waals surface area contributed by atoms with Crippen LogP contribution in [0.4, 0.5) is 17.1 Å². The van der Waals surface area contributed by atoms with Gasteiger partial charge in [-0.3, -0.25) is 4.79 Å². The maximum Gasteiger partial charge on any atom is 1.00 e. The third-order valence-electron chi connectivity index (χ3n) is 13.6. The summed E-state index contributed by atoms with van der Waals surface area (Å²) in [6.07, 6.45) is 6.69. The van der Waals surface area contributed by atoms with Gasteiger partial charge in [-0.1, -0.05) is 125 Å². The molecule has 23 heteroatoms. The summed E-state index contributed by atoms with van der Waals surface area (Å²) in [6, 6.07) is 25.6. The second kappa shape index (κ2) is 38.1. The molecule has 0 saturated carbocycles. The molecule has 93 heavy (non-hydrogen) atoms. The zero-order chi connectivity index (χ0) is 68.4. The Morgan fingerprint density at radius 1 is 0.548 bits per heavy atom. The number of hydrogen-bond donors (Lipinski definition) is 7. The molecular formula is C70H96Cl3KN8O11. The Kier molecular flexibility index (Phi) is 34.2. The maximum absolute atomic E-state index is 13.1. The van der Waals surface area contributed by atoms with Gasteiger partial charge in [-0.2, -0.15) is 0 Å². The normalized spacial score (nSPS) is 11.8. The van der Waals surface area contributed by atoms with E-state index in [2.05, 4.69) is 112 Å². The first kappa shape index (κ1) is 83.4. The molecule has 2 heterocycles. The molecule has 0 saturated heterocycles. The molecule has 7 aromatic rings. The fourth-order valence-corrected chi connectivity index (χ4v) is 10.2. The zero-order valence-electron chi connectivity index (χ0n) is 57.0. The SMILES string of the molecule is CC(C)OC(=O)c1cc(Cl)c(OC(C)C)cc1N.CC(C)Oc1cc(N)c(C(=O)C[C@H](CCO)Cc2ccc(-c3cn(C)c(C(C)(C)C)n3)cc2)cc1Cl.CC(C)Oc1cc(N)c(C(=O)O)cc1Cl.Cn1cc(-c2ccc(C[C@H](N)CCO)cc2)nc1C(C)(C)C.[K+].[OH-]. The second-order valence-corrected chi connectivity index (χ2v) is 26.8. The molecule has 0 amide bonds. The van der Waals surface area contributed by atoms with E-state index in [4.69, 9.17) is 96.9 Å². The quantitative estimate of drug-likeness (QED) is 0.0143. The van der Waals surface area contributed by atoms with Crippen molar-refractivity contribution >= 4 is 69.6 Å². The van der Waals surface area contributed by atoms with Gasteiger partial charge < -0.3 is 71.8 Å². The number of aromatic carboxylic acids is 1. The van der Waals surface area contributed by atoms with Crippen molar-refractivity contribution in [2.75, 3.05) is 30.4 Å². The molecule has 19 nitrogen and oxygen atoms in total. The average molecular weight is 1370 g/mol. The minimum absolute atomic E-state index is 0. The van der Waals surface area contributed by atoms with Crippen LogP contribution in [0.25, 0.3) is 22.5 Å². The number of anilines is 3. The summed E-state index contributed by atoms with van der Waals surface area (Å²) in [5.41, 5.74) is 31.3. The Bertz CT molecular complexity index is 3530. The first-order valence-corrected chi connectivity index (χ1v) is 31.5. The smallest absolute Gasteiger partial charge is 0.870 e. The molecule has 0 aliphatic carbocycles. The maximum atomic E-state index is 13.1. The minimum Gasteiger partial charge on any atom is -0.870 e. The minimum atomic E-state index is -1.11. The van der Waals surface area contributed by atoms with Gasteiger partial charge in [-0.15, -0.1) is 0 Å². The summed E-state index contributed by atoms with van der Waals surface area (Å²) in [5.74, 6) is 1.73. The Morgan fingerprint density at radius 2 is 0.903 bits per heavy atom. The van der Waals surface area contributed by atoms with E-state index in [-0.39, 0.29) is 151 Å². The van der Waals surface area contributed by atoms with E-state index in [1.54, 1.807) is 32.0 Å². The van der Waals surface area contributed by atoms with Crippen LogP contribution >= 0.6 is 34.8 Å². The number of carbonyl (C=O) groups excluding carboxylic acids is 2. The van der Waals surface area contributed by atoms with E-state index < -0.39 is 11.9 Å². The number of esters is 1. The first-order valence-electron chi connectivity index (χ1n) is 30.4. The number of imidazole rings is 2. The number of nitrogens with zero attached hydrogens (tertiary/aromatic N) is 4. The number of aliphatic hydroxyl groups excluding tert-OH is 2. The molecule has 0 bridgehead atoms. The molecule has 504 valence electrons. The number of carbonyl (C=O) groups is 3. The van der Waals surface area contributed by atoms with Gasteiger partial charge in [0.25, 0.3) is 0 Å². The molecule has 0 radical (unpaired) electrons. The molecule has 0 unspecified atom stereocenters. The van der Waals surface area contributed by atoms with Gasteiger partial charge in [-0.25, -0.2) is 19.6 Å². The Labute approximate surface area is 606 Å². The number of benzene rings is 5. The van der Waals surface area contributed by atoms with Crippen LogP contribution in [0.15, 0.2) is 97.3 Å². The molecule has 0 aliphatic heterocycles. The number of nitrogens with two attached hydrogens (primary N) is 4. The Balaban J connectivity index is 0.000000446. The van der Waals surface area contributed by atoms with Gasteiger partial charge in [0.1, 0.15) is 28.9 Å². The Hall–Kier alpha value is -5.72. The number of aliphatic hydroxyl groups is 2. The molecule has 5 aromatic carbocycles. The zero-order valence-corrected chi connectivity index (χ0v) is 62.4. The molecule has 0 spiro atoms. The number of carboxylic acid groups (broad SMARTS) is 1. The van der Waals surface area contributed by atoms with E-state index in [1.807, 2.05) is 55.6 Å². The van der Waals surface area contributed by atoms with Crippen LogP contribution in [-0.4, -0.2) is 101 Å². The van der Waals surface area contributed by atoms with Crippen molar-refractivity contribution in [3.8, 4) is 39.8 Å². The first-order chi connectivity index (χ1) is 42.4. The third kappa shape index (κ3) is 26.4. The van der Waals surface area contributed by atoms with Gasteiger partial charge in [0.15, 0.2) is 5.78 Å². The summed E-state index contributed by atoms with van der Waals surface area (Å²) >= 11 is 18.2. The molecule has 0 aliphatic rings. The van der Waals surface area contributed by atoms with Gasteiger partial charge in [-0.05, 0) is 116 Å². The number of aryl methyl sites for hydroxylation is 2. The van der Waals surface area contributed by atoms with Crippen LogP contribution in [0.2, 0.25) is 15.1 Å². The molecule has 2 aromatic heterocycles. The second-order valence-electron chi connectivity index (χ2n) is 25.6. The molecule has 12 N–H and O–H groups in total. The van der Waals surface area contributed by atoms with Crippen LogP contribution in [0.3, 0.4) is 0 Å². The average Bonchev–Trinajstić information content (AvgIpc) is 1.98. The topological polar surface area (TPSA) is 319 Å². The van der Waals surface area contributed by atoms with E-state index in [0.717, 1.165) is 46.1 Å². The summed E-state index contributed by atoms with van der Waals surface area (Å²) < 4.78 is 25.7. The van der Waals surface area contributed by atoms with Gasteiger partial charge in [0.2, 0.25) is 0 Å². The summed E-state index contributed by atoms with van der Waals surface area (Å²) in [6.45, 7) is 27.9. The van der Waals surface area contributed by atoms with Crippen molar-refractivity contribution in [2.24, 2.45) is 25.7 Å². The summed E-state index contributed by atoms with van der Waals surface area (Å²) in [5, 5.41) is 28.3. The number of nitrogen functional groups attached to an aromatic ring is 3. The van der Waals surface area contributed by atoms with E-state index >= 15 is 0 Å². The van der Waals surface area contributed by atoms with Crippen LogP contribution in [0.1, 0.15) is 170 Å². The van der Waals surface area contributed by atoms with Gasteiger partial charge >= 0.3 is 63.3 Å². The number of ether oxygens (including phenoxy) is 4. The largest absolute Gasteiger partial charge is 1.00 e. The standard InChI is InChI=1S/C29H38ClN3O3.C18H27N3O.C13H18ClNO3.C10H12ClNO3.K.H2O/c1-18(2)36-27-16-24(31)22(15-23(27)30)26(35)14-20(11-12-34)13-19-7-9-21(10-8-19)25-17-33(6)28(32-25)29(3,4)5;1-18(2,3)17-20-16(12-21(17)4)14-7-5-13(6-8-14)11-15(19)9-10-22;1-7(2)17-12-6-11(15)9(5-10(12)14)13(16)18-8(3)4;1-5(2)15-9-4-8(12)6(10(13)14)3-7(9)11;;/h7-10,15-18,20,34H,11-14,31H2,1-6H3;5-8,12,15,22H,9-11,19H2,1-4H3;5-8H,15H2,1-4H3;3-5H,12H2,1-2H3,(H,13,14);;1H2/q;;;;+1;/p-1/t20-;15-;;;;/m11..../s1. The van der Waals surface area contributed by atoms with Gasteiger partial charge in [0, 0.05) is 115 Å². The van der Waals surface area contributed by atoms with Crippen molar-refractivity contribution in [2.45, 2.75) is 170 Å². The number of ketones is 1. The van der Waals surface area contributed by atoms with Gasteiger partial charge in [0.05, 0.1) is 62.0 Å². The van der Waals surface area contributed by atoms with Crippen LogP contribution in [0, 0.1) is 5.92 Å². The predicted octanol–water partition coefficient (Wildman–Crippen LogP) is 11.4. The number of rotatable bonds is 22. The number of hydrogen-bond acceptors (Lipinski definition) is 16. The van der Waals surface area contributed by atoms with Crippen molar-refractivity contribution < 1.29 is 106 Å². The predicted molar refractivity (Wildman–Crippen MR) is 370 cm³/mol. The van der Waals surface area contributed by atoms with E-state index in [9.17, 15) is 19.5 Å². The van der Waals surface area contributed by atoms with E-state index in [1.165, 1.54) is 23.8 Å². The van der Waals surface area contributed by atoms with Crippen molar-refractivity contribution in [1.29, 1.82) is 0 Å². The number of Topliss-reactive ketones (excluding diaryl/α,β-unsaturated/α-hetero) is 1.